The monoisotopic (exact) mass is 454 g/mol. The van der Waals surface area contributed by atoms with Crippen molar-refractivity contribution < 1.29 is 9.59 Å². The number of carbonyl (C=O) groups excluding carboxylic acids is 2. The molecule has 1 aromatic heterocycles. The number of amides is 2. The lowest BCUT2D eigenvalue weighted by molar-refractivity contribution is -0.117. The minimum Gasteiger partial charge on any atom is -0.325 e. The lowest BCUT2D eigenvalue weighted by atomic mass is 10.1. The van der Waals surface area contributed by atoms with Crippen molar-refractivity contribution in [3.8, 4) is 11.3 Å². The van der Waals surface area contributed by atoms with Crippen LogP contribution in [0.15, 0.2) is 71.5 Å². The van der Waals surface area contributed by atoms with E-state index >= 15 is 0 Å². The second-order valence-corrected chi connectivity index (χ2v) is 8.21. The van der Waals surface area contributed by atoms with Crippen LogP contribution < -0.4 is 16.2 Å². The van der Waals surface area contributed by atoms with Gasteiger partial charge >= 0.3 is 0 Å². The number of anilines is 2. The predicted molar refractivity (Wildman–Crippen MR) is 135 cm³/mol. The molecule has 2 amide bonds. The van der Waals surface area contributed by atoms with Crippen LogP contribution in [0.3, 0.4) is 0 Å². The fraction of sp³-hybridized carbons (Fsp3) is 0.185. The Hall–Kier alpha value is -4.26. The summed E-state index contributed by atoms with van der Waals surface area (Å²) in [6, 6.07) is 20.0. The summed E-state index contributed by atoms with van der Waals surface area (Å²) in [6.45, 7) is 5.51. The highest BCUT2D eigenvalue weighted by atomic mass is 16.2. The third kappa shape index (κ3) is 4.88. The van der Waals surface area contributed by atoms with Crippen LogP contribution in [0, 0.1) is 13.8 Å². The lowest BCUT2D eigenvalue weighted by Crippen LogP contribution is -2.30. The van der Waals surface area contributed by atoms with Crippen molar-refractivity contribution in [2.75, 3.05) is 10.6 Å². The number of aryl methyl sites for hydroxylation is 2. The van der Waals surface area contributed by atoms with E-state index in [2.05, 4.69) is 15.6 Å². The van der Waals surface area contributed by atoms with Crippen LogP contribution in [0.2, 0.25) is 0 Å². The van der Waals surface area contributed by atoms with Crippen LogP contribution in [-0.2, 0) is 16.1 Å². The number of para-hydroxylation sites is 3. The van der Waals surface area contributed by atoms with Crippen LogP contribution in [-0.4, -0.2) is 21.4 Å². The Morgan fingerprint density at radius 2 is 1.56 bits per heavy atom. The Bertz CT molecular complexity index is 1440. The molecule has 0 spiro atoms. The predicted octanol–water partition coefficient (Wildman–Crippen LogP) is 4.67. The molecule has 4 rings (SSSR count). The van der Waals surface area contributed by atoms with E-state index in [-0.39, 0.29) is 24.1 Å². The molecule has 34 heavy (non-hydrogen) atoms. The third-order valence-electron chi connectivity index (χ3n) is 5.44. The second-order valence-electron chi connectivity index (χ2n) is 8.21. The molecule has 0 atom stereocenters. The van der Waals surface area contributed by atoms with Gasteiger partial charge in [0.25, 0.3) is 5.56 Å². The second kappa shape index (κ2) is 9.70. The summed E-state index contributed by atoms with van der Waals surface area (Å²) in [5.74, 6) is -0.483. The average molecular weight is 455 g/mol. The van der Waals surface area contributed by atoms with E-state index in [1.165, 1.54) is 4.57 Å². The van der Waals surface area contributed by atoms with Gasteiger partial charge in [0.15, 0.2) is 0 Å². The van der Waals surface area contributed by atoms with Crippen molar-refractivity contribution in [3.63, 3.8) is 0 Å². The molecule has 0 aliphatic carbocycles. The summed E-state index contributed by atoms with van der Waals surface area (Å²) in [7, 11) is 0. The van der Waals surface area contributed by atoms with Gasteiger partial charge in [-0.25, -0.2) is 4.98 Å². The van der Waals surface area contributed by atoms with Gasteiger partial charge in [0.05, 0.1) is 16.7 Å². The van der Waals surface area contributed by atoms with Gasteiger partial charge in [-0.2, -0.15) is 0 Å². The van der Waals surface area contributed by atoms with Gasteiger partial charge < -0.3 is 10.6 Å². The molecule has 0 radical (unpaired) electrons. The fourth-order valence-corrected chi connectivity index (χ4v) is 3.95. The van der Waals surface area contributed by atoms with Crippen molar-refractivity contribution in [2.24, 2.45) is 0 Å². The molecule has 2 N–H and O–H groups in total. The van der Waals surface area contributed by atoms with E-state index in [0.29, 0.717) is 34.4 Å². The van der Waals surface area contributed by atoms with Gasteiger partial charge in [-0.05, 0) is 55.3 Å². The number of hydrogen-bond acceptors (Lipinski definition) is 4. The average Bonchev–Trinajstić information content (AvgIpc) is 2.80. The van der Waals surface area contributed by atoms with Crippen molar-refractivity contribution in [3.05, 3.63) is 88.2 Å². The van der Waals surface area contributed by atoms with Crippen molar-refractivity contribution in [1.29, 1.82) is 0 Å². The zero-order chi connectivity index (χ0) is 24.2. The minimum absolute atomic E-state index is 0.165. The number of nitrogens with zero attached hydrogens (tertiary/aromatic N) is 2. The van der Waals surface area contributed by atoms with Gasteiger partial charge in [-0.15, -0.1) is 0 Å². The van der Waals surface area contributed by atoms with E-state index in [9.17, 15) is 14.4 Å². The first-order valence-corrected chi connectivity index (χ1v) is 11.1. The normalized spacial score (nSPS) is 10.8. The Balaban J connectivity index is 1.78. The molecule has 7 heteroatoms. The first-order chi connectivity index (χ1) is 16.4. The zero-order valence-corrected chi connectivity index (χ0v) is 19.4. The molecule has 0 bridgehead atoms. The summed E-state index contributed by atoms with van der Waals surface area (Å²) in [4.78, 5) is 43.2. The maximum Gasteiger partial charge on any atom is 0.278 e. The van der Waals surface area contributed by atoms with Crippen LogP contribution in [0.4, 0.5) is 11.4 Å². The smallest absolute Gasteiger partial charge is 0.278 e. The number of hydrogen-bond donors (Lipinski definition) is 2. The molecule has 0 aliphatic rings. The number of rotatable bonds is 6. The van der Waals surface area contributed by atoms with E-state index in [4.69, 9.17) is 0 Å². The maximum atomic E-state index is 13.6. The van der Waals surface area contributed by atoms with Gasteiger partial charge in [0, 0.05) is 17.7 Å². The van der Waals surface area contributed by atoms with Crippen LogP contribution >= 0.6 is 0 Å². The molecular formula is C27H26N4O3. The standard InChI is InChI=1S/C27H26N4O3/c1-4-24(32)29-21-10-6-5-9-20(21)26-27(34)31(23-12-8-7-11-22(23)30-26)16-25(33)28-19-14-17(2)13-18(3)15-19/h5-15H,4,16H2,1-3H3,(H,28,33)(H,29,32). The molecule has 3 aromatic carbocycles. The summed E-state index contributed by atoms with van der Waals surface area (Å²) < 4.78 is 1.42. The van der Waals surface area contributed by atoms with E-state index in [1.807, 2.05) is 38.1 Å². The number of nitrogens with one attached hydrogen (secondary N) is 2. The van der Waals surface area contributed by atoms with E-state index in [0.717, 1.165) is 11.1 Å². The molecule has 0 unspecified atom stereocenters. The topological polar surface area (TPSA) is 93.1 Å². The van der Waals surface area contributed by atoms with Gasteiger partial charge in [0.1, 0.15) is 12.2 Å². The largest absolute Gasteiger partial charge is 0.325 e. The molecule has 0 aliphatic heterocycles. The zero-order valence-electron chi connectivity index (χ0n) is 19.4. The summed E-state index contributed by atoms with van der Waals surface area (Å²) in [6.07, 6.45) is 0.308. The Morgan fingerprint density at radius 3 is 2.29 bits per heavy atom. The van der Waals surface area contributed by atoms with Crippen molar-refractivity contribution in [1.82, 2.24) is 9.55 Å². The molecular weight excluding hydrogens is 428 g/mol. The number of carbonyl (C=O) groups is 2. The van der Waals surface area contributed by atoms with Crippen LogP contribution in [0.25, 0.3) is 22.3 Å². The molecule has 0 saturated heterocycles. The Kier molecular flexibility index (Phi) is 6.54. The van der Waals surface area contributed by atoms with E-state index in [1.54, 1.807) is 49.4 Å². The first kappa shape index (κ1) is 22.9. The number of fused-ring (bicyclic) bond motifs is 1. The highest BCUT2D eigenvalue weighted by Gasteiger charge is 2.18. The summed E-state index contributed by atoms with van der Waals surface area (Å²) >= 11 is 0. The SMILES string of the molecule is CCC(=O)Nc1ccccc1-c1nc2ccccc2n(CC(=O)Nc2cc(C)cc(C)c2)c1=O. The number of aromatic nitrogens is 2. The molecule has 4 aromatic rings. The highest BCUT2D eigenvalue weighted by molar-refractivity contribution is 5.95. The minimum atomic E-state index is -0.410. The highest BCUT2D eigenvalue weighted by Crippen LogP contribution is 2.26. The molecule has 0 fully saturated rings. The number of benzene rings is 3. The van der Waals surface area contributed by atoms with Crippen LogP contribution in [0.5, 0.6) is 0 Å². The first-order valence-electron chi connectivity index (χ1n) is 11.1. The quantitative estimate of drug-likeness (QED) is 0.443. The molecule has 0 saturated carbocycles. The Morgan fingerprint density at radius 1 is 0.882 bits per heavy atom. The Labute approximate surface area is 197 Å². The molecule has 172 valence electrons. The third-order valence-corrected chi connectivity index (χ3v) is 5.44. The van der Waals surface area contributed by atoms with Gasteiger partial charge in [0.2, 0.25) is 11.8 Å². The summed E-state index contributed by atoms with van der Waals surface area (Å²) in [5, 5.41) is 5.72. The summed E-state index contributed by atoms with van der Waals surface area (Å²) in [5.41, 5.74) is 4.66. The lowest BCUT2D eigenvalue weighted by Gasteiger charge is -2.15. The van der Waals surface area contributed by atoms with Crippen LogP contribution in [0.1, 0.15) is 24.5 Å². The molecule has 1 heterocycles. The maximum absolute atomic E-state index is 13.6. The van der Waals surface area contributed by atoms with Gasteiger partial charge in [-0.3, -0.25) is 19.0 Å². The van der Waals surface area contributed by atoms with Gasteiger partial charge in [-0.1, -0.05) is 43.3 Å². The van der Waals surface area contributed by atoms with E-state index < -0.39 is 5.56 Å². The van der Waals surface area contributed by atoms with Crippen molar-refractivity contribution >= 4 is 34.2 Å². The fourth-order valence-electron chi connectivity index (χ4n) is 3.95. The van der Waals surface area contributed by atoms with Crippen molar-refractivity contribution in [2.45, 2.75) is 33.7 Å². The molecule has 7 nitrogen and oxygen atoms in total.